The zero-order valence-electron chi connectivity index (χ0n) is 75.6. The number of carbonyl (C=O) groups is 5. The third-order valence-electron chi connectivity index (χ3n) is 31.8. The molecule has 42 nitrogen and oxygen atoms in total. The van der Waals surface area contributed by atoms with Gasteiger partial charge in [0.1, 0.15) is 141 Å². The maximum Gasteiger partial charge on any atom is 0.335 e. The first-order valence-electron chi connectivity index (χ1n) is 45.9. The molecular weight excluding hydrogens is 1730 g/mol. The van der Waals surface area contributed by atoms with Gasteiger partial charge in [-0.15, -0.1) is 0 Å². The number of aliphatic carboxylic acids is 1. The summed E-state index contributed by atoms with van der Waals surface area (Å²) >= 11 is 0. The molecule has 12 aliphatic rings. The molecule has 5 aliphatic carbocycles. The number of esters is 3. The molecule has 746 valence electrons. The monoisotopic (exact) mass is 1870 g/mol. The van der Waals surface area contributed by atoms with Gasteiger partial charge < -0.3 is 188 Å². The van der Waals surface area contributed by atoms with E-state index in [-0.39, 0.29) is 43.9 Å². The van der Waals surface area contributed by atoms with E-state index in [4.69, 9.17) is 75.8 Å². The molecule has 12 rings (SSSR count). The Morgan fingerprint density at radius 1 is 0.492 bits per heavy atom. The van der Waals surface area contributed by atoms with Gasteiger partial charge in [0.15, 0.2) is 56.1 Å². The summed E-state index contributed by atoms with van der Waals surface area (Å²) in [6, 6.07) is 0. The van der Waals surface area contributed by atoms with E-state index < -0.39 is 347 Å². The lowest BCUT2D eigenvalue weighted by Gasteiger charge is -2.71. The van der Waals surface area contributed by atoms with Crippen LogP contribution in [-0.2, 0) is 99.8 Å². The van der Waals surface area contributed by atoms with Crippen LogP contribution in [0.5, 0.6) is 0 Å². The Hall–Kier alpha value is -4.03. The molecule has 7 aliphatic heterocycles. The van der Waals surface area contributed by atoms with Crippen molar-refractivity contribution in [3.05, 3.63) is 11.6 Å². The summed E-state index contributed by atoms with van der Waals surface area (Å²) in [6.45, 7) is 19.5. The van der Waals surface area contributed by atoms with Crippen LogP contribution in [0.4, 0.5) is 0 Å². The smallest absolute Gasteiger partial charge is 0.335 e. The fraction of sp³-hybridized carbons (Fsp3) is 0.920. The molecule has 11 fully saturated rings. The van der Waals surface area contributed by atoms with Gasteiger partial charge in [0.05, 0.1) is 86.7 Å². The van der Waals surface area contributed by atoms with Crippen molar-refractivity contribution in [1.29, 1.82) is 0 Å². The summed E-state index contributed by atoms with van der Waals surface area (Å²) in [7, 11) is 0. The molecule has 0 spiro atoms. The van der Waals surface area contributed by atoms with Crippen LogP contribution in [-0.4, -0.2) is 397 Å². The van der Waals surface area contributed by atoms with Crippen LogP contribution in [0.1, 0.15) is 186 Å². The van der Waals surface area contributed by atoms with Crippen molar-refractivity contribution in [3.63, 3.8) is 0 Å². The number of hydrogen-bond donors (Lipinski definition) is 21. The molecule has 7 saturated heterocycles. The molecule has 0 radical (unpaired) electrons. The fourth-order valence-corrected chi connectivity index (χ4v) is 23.0. The van der Waals surface area contributed by atoms with Crippen LogP contribution in [0, 0.1) is 62.1 Å². The van der Waals surface area contributed by atoms with Crippen molar-refractivity contribution in [1.82, 2.24) is 0 Å². The highest BCUT2D eigenvalue weighted by molar-refractivity contribution is 5.79. The van der Waals surface area contributed by atoms with Crippen molar-refractivity contribution in [2.24, 2.45) is 62.1 Å². The van der Waals surface area contributed by atoms with Crippen LogP contribution >= 0.6 is 0 Å². The number of allylic oxidation sites excluding steroid dienone is 2. The lowest BCUT2D eigenvalue weighted by atomic mass is 9.33. The predicted molar refractivity (Wildman–Crippen MR) is 436 cm³/mol. The molecule has 7 heterocycles. The quantitative estimate of drug-likeness (QED) is 0.0101. The molecule has 0 bridgehead atoms. The van der Waals surface area contributed by atoms with Crippen molar-refractivity contribution in [2.75, 3.05) is 26.4 Å². The summed E-state index contributed by atoms with van der Waals surface area (Å²) in [6.07, 6.45) is -62.9. The van der Waals surface area contributed by atoms with Gasteiger partial charge in [0.25, 0.3) is 0 Å². The first-order valence-corrected chi connectivity index (χ1v) is 45.9. The molecule has 0 aromatic rings. The first kappa shape index (κ1) is 105. The van der Waals surface area contributed by atoms with E-state index in [1.165, 1.54) is 13.8 Å². The van der Waals surface area contributed by atoms with Crippen molar-refractivity contribution >= 4 is 30.2 Å². The lowest BCUT2D eigenvalue weighted by Crippen LogP contribution is -2.69. The molecule has 5 unspecified atom stereocenters. The second kappa shape index (κ2) is 42.0. The van der Waals surface area contributed by atoms with Gasteiger partial charge >= 0.3 is 23.9 Å². The lowest BCUT2D eigenvalue weighted by molar-refractivity contribution is -0.394. The molecule has 130 heavy (non-hydrogen) atoms. The molecule has 0 aromatic heterocycles. The predicted octanol–water partition coefficient (Wildman–Crippen LogP) is -3.76. The first-order chi connectivity index (χ1) is 61.0. The maximum atomic E-state index is 16.4. The van der Waals surface area contributed by atoms with Gasteiger partial charge in [-0.2, -0.15) is 0 Å². The summed E-state index contributed by atoms with van der Waals surface area (Å²) in [5, 5.41) is 232. The zero-order chi connectivity index (χ0) is 95.6. The van der Waals surface area contributed by atoms with Crippen LogP contribution in [0.25, 0.3) is 0 Å². The van der Waals surface area contributed by atoms with Crippen molar-refractivity contribution in [3.8, 4) is 0 Å². The molecule has 21 N–H and O–H groups in total. The fourth-order valence-electron chi connectivity index (χ4n) is 23.0. The van der Waals surface area contributed by atoms with Crippen molar-refractivity contribution < 1.29 is 207 Å². The van der Waals surface area contributed by atoms with E-state index in [1.54, 1.807) is 20.8 Å². The Kier molecular flexibility index (Phi) is 33.8. The molecule has 0 amide bonds. The minimum Gasteiger partial charge on any atom is -0.479 e. The number of ether oxygens (including phenoxy) is 16. The second-order valence-electron chi connectivity index (χ2n) is 40.5. The van der Waals surface area contributed by atoms with Gasteiger partial charge in [0.2, 0.25) is 6.29 Å². The number of carboxylic acids is 1. The Labute approximate surface area is 753 Å². The molecular formula is C88H142O42. The summed E-state index contributed by atoms with van der Waals surface area (Å²) < 4.78 is 98.2. The second-order valence-corrected chi connectivity index (χ2v) is 40.5. The van der Waals surface area contributed by atoms with Crippen LogP contribution in [0.2, 0.25) is 0 Å². The van der Waals surface area contributed by atoms with Crippen molar-refractivity contribution in [2.45, 2.75) is 419 Å². The van der Waals surface area contributed by atoms with Gasteiger partial charge in [-0.1, -0.05) is 93.7 Å². The highest BCUT2D eigenvalue weighted by atomic mass is 16.8. The normalized spacial score (nSPS) is 48.2. The van der Waals surface area contributed by atoms with Gasteiger partial charge in [-0.3, -0.25) is 14.4 Å². The summed E-state index contributed by atoms with van der Waals surface area (Å²) in [5.74, 6) is -6.30. The van der Waals surface area contributed by atoms with E-state index in [2.05, 4.69) is 40.7 Å². The Balaban J connectivity index is 0.831. The number of aliphatic hydroxyl groups excluding tert-OH is 20. The van der Waals surface area contributed by atoms with E-state index in [9.17, 15) is 126 Å². The third-order valence-corrected chi connectivity index (χ3v) is 31.8. The largest absolute Gasteiger partial charge is 0.479 e. The summed E-state index contributed by atoms with van der Waals surface area (Å²) in [4.78, 5) is 71.7. The van der Waals surface area contributed by atoms with Crippen LogP contribution < -0.4 is 0 Å². The zero-order valence-corrected chi connectivity index (χ0v) is 75.6. The van der Waals surface area contributed by atoms with Crippen LogP contribution in [0.15, 0.2) is 11.6 Å². The maximum absolute atomic E-state index is 16.4. The van der Waals surface area contributed by atoms with E-state index in [1.807, 2.05) is 13.8 Å². The van der Waals surface area contributed by atoms with Gasteiger partial charge in [-0.05, 0) is 129 Å². The number of fused-ring (bicyclic) bond motifs is 7. The minimum absolute atomic E-state index is 0.0869. The standard InChI is InChI=1S/C88H142O42/c1-13-35(3)43(94)25-39(92)27-52(97)119-46(36(4)14-2)26-40(93)28-53(98)123-67-37(5)118-80(72(64(67)109)128-79-66(111)70(126-77-62(107)58(103)56(101)47(30-89)120-77)68(38(6)117-79)124-75-60(105)54(99)44(95)32-115-75)130-82(114)88-23-21-83(7,8)29-42(88)41-15-16-50-84(9)19-18-51(85(10,34-91)49(84)17-20-87(50,12)86(41,11)22-24-88)122-81-73(129-78-63(108)59(104)57(102)48(31-90)121-78)69(65(110)71(127-81)74(112)113)125-76-61(106)55(100)45(96)33-116-76/h15,34-40,42-51,54-73,75-81,89-90,92-96,99-111H,13-14,16-33H2,1-12H3,(H,112,113)/t35-,36-,37+,38-,39?,40?,42?,43-,44+,45+,46-,47+,48+,49+,50+,51-,54-,55-,56+,57-,58-,59-,60+,61+,62+,63+,64-,65-,66+,67-,68-,69?,70-,71-,72+,73+,75-,76-,77-,78-,79-,80-,81+,84-,85-,86+,87?,88-/m0/s1. The van der Waals surface area contributed by atoms with E-state index in [0.29, 0.717) is 57.8 Å². The number of carbonyl (C=O) groups excluding carboxylic acids is 4. The Morgan fingerprint density at radius 3 is 1.57 bits per heavy atom. The van der Waals surface area contributed by atoms with Crippen LogP contribution in [0.3, 0.4) is 0 Å². The number of aldehydes is 1. The van der Waals surface area contributed by atoms with E-state index >= 15 is 4.79 Å². The molecule has 0 aromatic carbocycles. The van der Waals surface area contributed by atoms with Gasteiger partial charge in [-0.25, -0.2) is 4.79 Å². The summed E-state index contributed by atoms with van der Waals surface area (Å²) in [5.41, 5.74) is -4.24. The number of hydrogen-bond acceptors (Lipinski definition) is 41. The number of aliphatic hydroxyl groups is 20. The SMILES string of the molecule is CC[C@H](C)[C@H](CC(O)CC(=O)O[C@@H]1[C@H](O)[C@@H](O[C@@H]2O[C@@H](C)[C@H](O[C@@H]3OC[C@@H](O)[C@H](O)[C@H]3O)[C@@H](O[C@@H]3O[C@H](CO)[C@@H](O)[C@H](O)[C@H]3O)[C@H]2O)[C@H](OC(=O)[C@]23CCC(C)(C)CC2C2=CC[C@H]4C(C)(CC[C@H]5[C@](C)(C=O)[C@@H](O[C@@H]6O[C@H](C(=O)O)[C@@H](O)C(O[C@@H]7OC[C@@H](O)[C@H](O)[C@H]7O)[C@H]6O[C@@H]6O[C@H](CO)[C@H](O)[C@H](O)[C@H]6O)CC[C@]45C)[C@]2(C)CC3)O[C@@H]1C)OC(=O)CC(O)C[C@H](O)[C@@H](C)CC. The molecule has 42 heteroatoms. The number of carboxylic acid groups (broad SMARTS) is 1. The Morgan fingerprint density at radius 2 is 1.00 bits per heavy atom. The highest BCUT2D eigenvalue weighted by Crippen LogP contribution is 2.76. The average molecular weight is 1870 g/mol. The average Bonchev–Trinajstić information content (AvgIpc) is 0.672. The van der Waals surface area contributed by atoms with Gasteiger partial charge in [0, 0.05) is 12.8 Å². The van der Waals surface area contributed by atoms with E-state index in [0.717, 1.165) is 11.9 Å². The molecule has 48 atom stereocenters. The topological polar surface area (TPSA) is 658 Å². The Bertz CT molecular complexity index is 3810. The third kappa shape index (κ3) is 20.6. The number of rotatable bonds is 32. The molecule has 4 saturated carbocycles. The minimum atomic E-state index is -2.25. The highest BCUT2D eigenvalue weighted by Gasteiger charge is 2.72.